The van der Waals surface area contributed by atoms with Crippen LogP contribution in [0.1, 0.15) is 11.1 Å². The highest BCUT2D eigenvalue weighted by Crippen LogP contribution is 2.35. The summed E-state index contributed by atoms with van der Waals surface area (Å²) in [6.45, 7) is 3.52. The van der Waals surface area contributed by atoms with Crippen LogP contribution in [-0.2, 0) is 6.42 Å². The molecule has 111 valence electrons. The zero-order valence-corrected chi connectivity index (χ0v) is 12.2. The van der Waals surface area contributed by atoms with E-state index in [9.17, 15) is 0 Å². The fourth-order valence-electron chi connectivity index (χ4n) is 2.62. The second-order valence-corrected chi connectivity index (χ2v) is 5.33. The van der Waals surface area contributed by atoms with E-state index in [4.69, 9.17) is 21.0 Å². The van der Waals surface area contributed by atoms with E-state index in [1.165, 1.54) is 16.9 Å². The number of hydrogen-bond donors (Lipinski definition) is 2. The third-order valence-electron chi connectivity index (χ3n) is 3.86. The van der Waals surface area contributed by atoms with Crippen molar-refractivity contribution in [2.75, 3.05) is 13.1 Å². The Bertz CT molecular complexity index is 546. The van der Waals surface area contributed by atoms with Gasteiger partial charge in [-0.25, -0.2) is 11.0 Å². The minimum Gasteiger partial charge on any atom is -0.563 e. The first-order valence-electron chi connectivity index (χ1n) is 7.13. The molecule has 1 saturated heterocycles. The Morgan fingerprint density at radius 3 is 3.05 bits per heavy atom. The van der Waals surface area contributed by atoms with Crippen molar-refractivity contribution in [3.8, 4) is 11.5 Å². The number of hydrogen-bond acceptors (Lipinski definition) is 6. The van der Waals surface area contributed by atoms with E-state index in [-0.39, 0.29) is 6.10 Å². The average molecular weight is 287 g/mol. The first kappa shape index (κ1) is 14.1. The highest BCUT2D eigenvalue weighted by atomic mass is 16.5. The van der Waals surface area contributed by atoms with Gasteiger partial charge in [0.05, 0.1) is 13.1 Å². The van der Waals surface area contributed by atoms with Gasteiger partial charge in [0, 0.05) is 18.0 Å². The van der Waals surface area contributed by atoms with Gasteiger partial charge in [0.2, 0.25) is 0 Å². The highest BCUT2D eigenvalue weighted by molar-refractivity contribution is 6.29. The number of fused-ring (bicyclic) bond motifs is 1. The lowest BCUT2D eigenvalue weighted by atomic mass is 9.85. The van der Waals surface area contributed by atoms with Gasteiger partial charge < -0.3 is 15.1 Å². The SMILES string of the molecule is Cc1c(OC2CN(N(N)/C=C\N)C2)ccc2c1O[B]CC2. The predicted molar refractivity (Wildman–Crippen MR) is 81.4 cm³/mol. The zero-order valence-electron chi connectivity index (χ0n) is 12.2. The zero-order chi connectivity index (χ0) is 14.8. The van der Waals surface area contributed by atoms with Crippen LogP contribution in [0.5, 0.6) is 11.5 Å². The topological polar surface area (TPSA) is 77.0 Å². The molecule has 21 heavy (non-hydrogen) atoms. The molecular formula is C14H20BN4O2. The molecule has 1 aromatic rings. The maximum Gasteiger partial charge on any atom is 0.370 e. The molecule has 4 N–H and O–H groups in total. The van der Waals surface area contributed by atoms with E-state index in [0.29, 0.717) is 0 Å². The summed E-state index contributed by atoms with van der Waals surface area (Å²) < 4.78 is 11.7. The lowest BCUT2D eigenvalue weighted by molar-refractivity contribution is -0.103. The number of aryl methyl sites for hydroxylation is 1. The second kappa shape index (κ2) is 5.87. The van der Waals surface area contributed by atoms with Gasteiger partial charge in [-0.2, -0.15) is 5.01 Å². The van der Waals surface area contributed by atoms with Gasteiger partial charge in [-0.1, -0.05) is 6.07 Å². The van der Waals surface area contributed by atoms with E-state index in [1.54, 1.807) is 6.20 Å². The third-order valence-corrected chi connectivity index (χ3v) is 3.86. The molecule has 0 amide bonds. The maximum atomic E-state index is 6.03. The normalized spacial score (nSPS) is 18.6. The molecule has 7 heteroatoms. The van der Waals surface area contributed by atoms with Gasteiger partial charge in [-0.05, 0) is 31.3 Å². The number of hydrazine groups is 2. The quantitative estimate of drug-likeness (QED) is 0.478. The van der Waals surface area contributed by atoms with Crippen LogP contribution >= 0.6 is 0 Å². The molecule has 1 fully saturated rings. The minimum absolute atomic E-state index is 0.131. The van der Waals surface area contributed by atoms with Crippen LogP contribution in [0.2, 0.25) is 6.32 Å². The average Bonchev–Trinajstić information content (AvgIpc) is 2.45. The molecule has 3 rings (SSSR count). The molecule has 2 heterocycles. The number of benzene rings is 1. The van der Waals surface area contributed by atoms with E-state index in [0.717, 1.165) is 42.9 Å². The van der Waals surface area contributed by atoms with Crippen LogP contribution in [0, 0.1) is 6.92 Å². The Balaban J connectivity index is 1.62. The van der Waals surface area contributed by atoms with Crippen LogP contribution in [0.15, 0.2) is 24.5 Å². The number of nitrogens with zero attached hydrogens (tertiary/aromatic N) is 2. The molecule has 2 aliphatic rings. The van der Waals surface area contributed by atoms with Crippen molar-refractivity contribution in [1.82, 2.24) is 10.1 Å². The summed E-state index contributed by atoms with van der Waals surface area (Å²) in [4.78, 5) is 0. The van der Waals surface area contributed by atoms with Crippen LogP contribution < -0.4 is 21.0 Å². The number of ether oxygens (including phenoxy) is 1. The van der Waals surface area contributed by atoms with Crippen LogP contribution in [0.25, 0.3) is 0 Å². The molecular weight excluding hydrogens is 267 g/mol. The Hall–Kier alpha value is -1.86. The van der Waals surface area contributed by atoms with Gasteiger partial charge in [-0.15, -0.1) is 0 Å². The number of nitrogens with two attached hydrogens (primary N) is 2. The van der Waals surface area contributed by atoms with Gasteiger partial charge in [-0.3, -0.25) is 0 Å². The largest absolute Gasteiger partial charge is 0.563 e. The van der Waals surface area contributed by atoms with Crippen LogP contribution in [0.4, 0.5) is 0 Å². The van der Waals surface area contributed by atoms with Crippen molar-refractivity contribution in [3.63, 3.8) is 0 Å². The van der Waals surface area contributed by atoms with Crippen molar-refractivity contribution in [2.45, 2.75) is 25.8 Å². The molecule has 0 aromatic heterocycles. The third kappa shape index (κ3) is 2.79. The Morgan fingerprint density at radius 2 is 2.29 bits per heavy atom. The summed E-state index contributed by atoms with van der Waals surface area (Å²) in [6.07, 6.45) is 5.15. The summed E-state index contributed by atoms with van der Waals surface area (Å²) >= 11 is 0. The number of rotatable bonds is 4. The van der Waals surface area contributed by atoms with E-state index in [1.807, 2.05) is 25.5 Å². The van der Waals surface area contributed by atoms with Crippen molar-refractivity contribution in [3.05, 3.63) is 35.7 Å². The van der Waals surface area contributed by atoms with Crippen LogP contribution in [-0.4, -0.2) is 36.8 Å². The smallest absolute Gasteiger partial charge is 0.370 e. The summed E-state index contributed by atoms with van der Waals surface area (Å²) in [5.74, 6) is 7.61. The molecule has 2 aliphatic heterocycles. The summed E-state index contributed by atoms with van der Waals surface area (Å²) in [6, 6.07) is 4.12. The Morgan fingerprint density at radius 1 is 1.48 bits per heavy atom. The molecule has 1 aromatic carbocycles. The fourth-order valence-corrected chi connectivity index (χ4v) is 2.62. The van der Waals surface area contributed by atoms with E-state index < -0.39 is 0 Å². The molecule has 6 nitrogen and oxygen atoms in total. The standard InChI is InChI=1S/C14H20BN4O2/c1-10-13(3-2-11-4-5-15-21-14(10)11)20-12-8-18(9-12)19(17)7-6-16/h2-3,6-7,12H,4-5,8-9,16-17H2,1H3/b7-6-. The highest BCUT2D eigenvalue weighted by Gasteiger charge is 2.31. The lowest BCUT2D eigenvalue weighted by Gasteiger charge is -2.42. The molecule has 1 radical (unpaired) electrons. The van der Waals surface area contributed by atoms with Gasteiger partial charge >= 0.3 is 7.48 Å². The monoisotopic (exact) mass is 287 g/mol. The van der Waals surface area contributed by atoms with Crippen molar-refractivity contribution < 1.29 is 9.39 Å². The molecule has 0 saturated carbocycles. The molecule has 0 unspecified atom stereocenters. The van der Waals surface area contributed by atoms with Gasteiger partial charge in [0.15, 0.2) is 0 Å². The lowest BCUT2D eigenvalue weighted by Crippen LogP contribution is -2.61. The first-order valence-corrected chi connectivity index (χ1v) is 7.13. The minimum atomic E-state index is 0.131. The Labute approximate surface area is 125 Å². The molecule has 0 bridgehead atoms. The molecule has 0 spiro atoms. The predicted octanol–water partition coefficient (Wildman–Crippen LogP) is 0.551. The molecule has 0 atom stereocenters. The van der Waals surface area contributed by atoms with Crippen LogP contribution in [0.3, 0.4) is 0 Å². The van der Waals surface area contributed by atoms with Crippen molar-refractivity contribution >= 4 is 7.48 Å². The second-order valence-electron chi connectivity index (χ2n) is 5.33. The maximum absolute atomic E-state index is 6.03. The van der Waals surface area contributed by atoms with Crippen molar-refractivity contribution in [2.24, 2.45) is 11.6 Å². The first-order chi connectivity index (χ1) is 10.2. The Kier molecular flexibility index (Phi) is 3.94. The van der Waals surface area contributed by atoms with Gasteiger partial charge in [0.25, 0.3) is 0 Å². The molecule has 0 aliphatic carbocycles. The van der Waals surface area contributed by atoms with Gasteiger partial charge in [0.1, 0.15) is 17.6 Å². The van der Waals surface area contributed by atoms with E-state index >= 15 is 0 Å². The fraction of sp³-hybridized carbons (Fsp3) is 0.429. The van der Waals surface area contributed by atoms with Crippen molar-refractivity contribution in [1.29, 1.82) is 0 Å². The summed E-state index contributed by atoms with van der Waals surface area (Å²) in [5.41, 5.74) is 7.62. The van der Waals surface area contributed by atoms with E-state index in [2.05, 4.69) is 6.07 Å². The summed E-state index contributed by atoms with van der Waals surface area (Å²) in [7, 11) is 1.86. The summed E-state index contributed by atoms with van der Waals surface area (Å²) in [5, 5.41) is 3.43.